The molecule has 0 spiro atoms. The van der Waals surface area contributed by atoms with E-state index in [1.54, 1.807) is 11.3 Å². The van der Waals surface area contributed by atoms with Gasteiger partial charge in [0.15, 0.2) is 5.96 Å². The first-order chi connectivity index (χ1) is 10.3. The monoisotopic (exact) mass is 447 g/mol. The summed E-state index contributed by atoms with van der Waals surface area (Å²) in [5.74, 6) is 0.947. The molecule has 22 heavy (non-hydrogen) atoms. The number of thiophene rings is 1. The highest BCUT2D eigenvalue weighted by Crippen LogP contribution is 2.27. The summed E-state index contributed by atoms with van der Waals surface area (Å²) in [6.45, 7) is 1.85. The molecule has 0 saturated carbocycles. The van der Waals surface area contributed by atoms with E-state index in [9.17, 15) is 0 Å². The van der Waals surface area contributed by atoms with Crippen LogP contribution in [0, 0.1) is 0 Å². The second-order valence-electron chi connectivity index (χ2n) is 4.96. The van der Waals surface area contributed by atoms with Crippen molar-refractivity contribution in [3.63, 3.8) is 0 Å². The smallest absolute Gasteiger partial charge is 0.198 e. The molecule has 1 aliphatic heterocycles. The molecule has 0 bridgehead atoms. The number of hydrogen-bond acceptors (Lipinski definition) is 2. The first-order valence-electron chi connectivity index (χ1n) is 7.08. The van der Waals surface area contributed by atoms with E-state index in [4.69, 9.17) is 11.6 Å². The molecule has 0 atom stereocenters. The first kappa shape index (κ1) is 17.6. The molecule has 0 amide bonds. The van der Waals surface area contributed by atoms with E-state index in [1.165, 1.54) is 16.1 Å². The minimum atomic E-state index is 0. The average Bonchev–Trinajstić information content (AvgIpc) is 3.10. The van der Waals surface area contributed by atoms with Gasteiger partial charge in [0, 0.05) is 30.7 Å². The Morgan fingerprint density at radius 1 is 1.32 bits per heavy atom. The van der Waals surface area contributed by atoms with E-state index >= 15 is 0 Å². The number of rotatable bonds is 3. The Morgan fingerprint density at radius 2 is 2.14 bits per heavy atom. The fourth-order valence-corrected chi connectivity index (χ4v) is 3.72. The van der Waals surface area contributed by atoms with Crippen LogP contribution in [0.2, 0.25) is 4.34 Å². The number of nitrogens with one attached hydrogen (secondary N) is 1. The lowest BCUT2D eigenvalue weighted by molar-refractivity contribution is 0.845. The molecule has 6 heteroatoms. The summed E-state index contributed by atoms with van der Waals surface area (Å²) in [7, 11) is 1.84. The highest BCUT2D eigenvalue weighted by Gasteiger charge is 2.21. The summed E-state index contributed by atoms with van der Waals surface area (Å²) in [5, 5.41) is 3.45. The van der Waals surface area contributed by atoms with Gasteiger partial charge < -0.3 is 10.2 Å². The van der Waals surface area contributed by atoms with Crippen molar-refractivity contribution in [2.75, 3.05) is 25.0 Å². The second-order valence-corrected chi connectivity index (χ2v) is 6.76. The number of halogens is 2. The lowest BCUT2D eigenvalue weighted by Gasteiger charge is -2.22. The molecule has 1 aromatic carbocycles. The standard InChI is InChI=1S/C16H18ClN3S.HI/c1-18-16(19-10-8-13-6-7-15(17)21-13)20-11-9-12-4-2-3-5-14(12)20;/h2-7H,8-11H2,1H3,(H,18,19);1H. The minimum Gasteiger partial charge on any atom is -0.356 e. The summed E-state index contributed by atoms with van der Waals surface area (Å²) in [6.07, 6.45) is 2.04. The van der Waals surface area contributed by atoms with Crippen LogP contribution in [0.15, 0.2) is 41.4 Å². The van der Waals surface area contributed by atoms with Gasteiger partial charge in [-0.3, -0.25) is 4.99 Å². The van der Waals surface area contributed by atoms with Crippen molar-refractivity contribution < 1.29 is 0 Å². The van der Waals surface area contributed by atoms with Gasteiger partial charge in [0.2, 0.25) is 0 Å². The number of guanidine groups is 1. The summed E-state index contributed by atoms with van der Waals surface area (Å²) >= 11 is 7.59. The molecule has 1 N–H and O–H groups in total. The fraction of sp³-hybridized carbons (Fsp3) is 0.312. The molecule has 1 aromatic heterocycles. The Balaban J connectivity index is 0.00000176. The molecular weight excluding hydrogens is 429 g/mol. The summed E-state index contributed by atoms with van der Waals surface area (Å²) in [6, 6.07) is 12.6. The van der Waals surface area contributed by atoms with E-state index in [0.29, 0.717) is 0 Å². The third-order valence-corrected chi connectivity index (χ3v) is 4.93. The Labute approximate surface area is 157 Å². The van der Waals surface area contributed by atoms with E-state index < -0.39 is 0 Å². The van der Waals surface area contributed by atoms with Gasteiger partial charge in [0.05, 0.1) is 4.34 Å². The Kier molecular flexibility index (Phi) is 6.52. The highest BCUT2D eigenvalue weighted by atomic mass is 127. The molecule has 0 fully saturated rings. The van der Waals surface area contributed by atoms with Crippen molar-refractivity contribution in [3.8, 4) is 0 Å². The quantitative estimate of drug-likeness (QED) is 0.434. The number of hydrogen-bond donors (Lipinski definition) is 1. The molecule has 0 radical (unpaired) electrons. The van der Waals surface area contributed by atoms with Crippen LogP contribution in [0.4, 0.5) is 5.69 Å². The van der Waals surface area contributed by atoms with E-state index in [2.05, 4.69) is 45.5 Å². The molecule has 118 valence electrons. The lowest BCUT2D eigenvalue weighted by atomic mass is 10.2. The third-order valence-electron chi connectivity index (χ3n) is 3.64. The summed E-state index contributed by atoms with van der Waals surface area (Å²) < 4.78 is 0.850. The minimum absolute atomic E-state index is 0. The number of para-hydroxylation sites is 1. The van der Waals surface area contributed by atoms with Crippen molar-refractivity contribution in [1.29, 1.82) is 0 Å². The maximum absolute atomic E-state index is 5.96. The van der Waals surface area contributed by atoms with Crippen molar-refractivity contribution in [3.05, 3.63) is 51.2 Å². The lowest BCUT2D eigenvalue weighted by Crippen LogP contribution is -2.41. The average molecular weight is 448 g/mol. The number of benzene rings is 1. The van der Waals surface area contributed by atoms with Crippen LogP contribution >= 0.6 is 46.9 Å². The SMILES string of the molecule is CN=C(NCCc1ccc(Cl)s1)N1CCc2ccccc21.I. The van der Waals surface area contributed by atoms with E-state index in [1.807, 2.05) is 13.1 Å². The first-order valence-corrected chi connectivity index (χ1v) is 8.27. The zero-order valence-electron chi connectivity index (χ0n) is 12.4. The fourth-order valence-electron chi connectivity index (χ4n) is 2.64. The Bertz CT molecular complexity index is 656. The van der Waals surface area contributed by atoms with Gasteiger partial charge in [0.25, 0.3) is 0 Å². The molecule has 3 nitrogen and oxygen atoms in total. The van der Waals surface area contributed by atoms with Crippen LogP contribution < -0.4 is 10.2 Å². The van der Waals surface area contributed by atoms with Crippen LogP contribution in [0.3, 0.4) is 0 Å². The maximum Gasteiger partial charge on any atom is 0.198 e. The molecule has 1 aliphatic rings. The van der Waals surface area contributed by atoms with Gasteiger partial charge in [-0.2, -0.15) is 0 Å². The van der Waals surface area contributed by atoms with Gasteiger partial charge in [-0.15, -0.1) is 35.3 Å². The van der Waals surface area contributed by atoms with Crippen molar-refractivity contribution in [1.82, 2.24) is 5.32 Å². The molecule has 3 rings (SSSR count). The largest absolute Gasteiger partial charge is 0.356 e. The van der Waals surface area contributed by atoms with Gasteiger partial charge in [-0.25, -0.2) is 0 Å². The molecule has 0 aliphatic carbocycles. The van der Waals surface area contributed by atoms with E-state index in [0.717, 1.165) is 36.2 Å². The van der Waals surface area contributed by atoms with Gasteiger partial charge in [-0.05, 0) is 36.6 Å². The van der Waals surface area contributed by atoms with Crippen LogP contribution in [0.1, 0.15) is 10.4 Å². The topological polar surface area (TPSA) is 27.6 Å². The Morgan fingerprint density at radius 3 is 2.86 bits per heavy atom. The van der Waals surface area contributed by atoms with Crippen LogP contribution in [-0.2, 0) is 12.8 Å². The van der Waals surface area contributed by atoms with Crippen LogP contribution in [0.5, 0.6) is 0 Å². The predicted molar refractivity (Wildman–Crippen MR) is 107 cm³/mol. The molecule has 0 saturated heterocycles. The number of nitrogens with zero attached hydrogens (tertiary/aromatic N) is 2. The Hall–Kier alpha value is -0.790. The second kappa shape index (κ2) is 8.17. The highest BCUT2D eigenvalue weighted by molar-refractivity contribution is 14.0. The van der Waals surface area contributed by atoms with Crippen molar-refractivity contribution in [2.24, 2.45) is 4.99 Å². The van der Waals surface area contributed by atoms with Gasteiger partial charge in [0.1, 0.15) is 0 Å². The van der Waals surface area contributed by atoms with Gasteiger partial charge >= 0.3 is 0 Å². The maximum atomic E-state index is 5.96. The number of aliphatic imine (C=N–C) groups is 1. The van der Waals surface area contributed by atoms with Crippen molar-refractivity contribution >= 4 is 58.6 Å². The van der Waals surface area contributed by atoms with E-state index in [-0.39, 0.29) is 24.0 Å². The number of fused-ring (bicyclic) bond motifs is 1. The summed E-state index contributed by atoms with van der Waals surface area (Å²) in [4.78, 5) is 7.97. The third kappa shape index (κ3) is 3.94. The molecule has 0 unspecified atom stereocenters. The zero-order chi connectivity index (χ0) is 14.7. The predicted octanol–water partition coefficient (Wildman–Crippen LogP) is 4.20. The zero-order valence-corrected chi connectivity index (χ0v) is 16.3. The molecule has 2 aromatic rings. The summed E-state index contributed by atoms with van der Waals surface area (Å²) in [5.41, 5.74) is 2.66. The number of anilines is 1. The van der Waals surface area contributed by atoms with Crippen molar-refractivity contribution in [2.45, 2.75) is 12.8 Å². The van der Waals surface area contributed by atoms with Gasteiger partial charge in [-0.1, -0.05) is 29.8 Å². The molecular formula is C16H19ClIN3S. The van der Waals surface area contributed by atoms with Crippen LogP contribution in [0.25, 0.3) is 0 Å². The normalized spacial score (nSPS) is 13.7. The van der Waals surface area contributed by atoms with Crippen LogP contribution in [-0.4, -0.2) is 26.1 Å². The molecule has 2 heterocycles.